The number of carbonyl (C=O) groups excluding carboxylic acids is 1. The molecule has 1 rings (SSSR count). The van der Waals surface area contributed by atoms with E-state index in [2.05, 4.69) is 20.8 Å². The first-order valence-electron chi connectivity index (χ1n) is 5.52. The van der Waals surface area contributed by atoms with Crippen molar-refractivity contribution in [1.82, 2.24) is 0 Å². The van der Waals surface area contributed by atoms with Crippen LogP contribution in [-0.4, -0.2) is 5.78 Å². The van der Waals surface area contributed by atoms with Crippen molar-refractivity contribution in [3.63, 3.8) is 0 Å². The quantitative estimate of drug-likeness (QED) is 0.640. The molecule has 13 heavy (non-hydrogen) atoms. The molecule has 3 atom stereocenters. The molecule has 1 heteroatoms. The third-order valence-electron chi connectivity index (χ3n) is 3.54. The fourth-order valence-corrected chi connectivity index (χ4v) is 2.67. The van der Waals surface area contributed by atoms with Crippen LogP contribution in [0.1, 0.15) is 47.0 Å². The largest absolute Gasteiger partial charge is 0.300 e. The maximum atomic E-state index is 11.5. The van der Waals surface area contributed by atoms with Crippen LogP contribution < -0.4 is 0 Å². The van der Waals surface area contributed by atoms with Crippen molar-refractivity contribution in [3.05, 3.63) is 0 Å². The summed E-state index contributed by atoms with van der Waals surface area (Å²) in [5.74, 6) is 2.83. The van der Waals surface area contributed by atoms with Gasteiger partial charge in [-0.05, 0) is 37.5 Å². The molecule has 0 heterocycles. The second-order valence-electron chi connectivity index (χ2n) is 5.04. The Kier molecular flexibility index (Phi) is 3.52. The average Bonchev–Trinajstić information content (AvgIpc) is 2.03. The molecule has 0 spiro atoms. The molecular formula is C12H22O. The summed E-state index contributed by atoms with van der Waals surface area (Å²) in [4.78, 5) is 11.5. The Morgan fingerprint density at radius 2 is 1.92 bits per heavy atom. The van der Waals surface area contributed by atoms with E-state index in [-0.39, 0.29) is 0 Å². The topological polar surface area (TPSA) is 17.1 Å². The Bertz CT molecular complexity index is 184. The van der Waals surface area contributed by atoms with E-state index in [1.54, 1.807) is 6.92 Å². The van der Waals surface area contributed by atoms with Crippen LogP contribution in [0.25, 0.3) is 0 Å². The monoisotopic (exact) mass is 182 g/mol. The smallest absolute Gasteiger partial charge is 0.133 e. The van der Waals surface area contributed by atoms with Gasteiger partial charge in [-0.25, -0.2) is 0 Å². The summed E-state index contributed by atoms with van der Waals surface area (Å²) >= 11 is 0. The molecule has 0 amide bonds. The van der Waals surface area contributed by atoms with Gasteiger partial charge >= 0.3 is 0 Å². The highest BCUT2D eigenvalue weighted by Crippen LogP contribution is 2.38. The predicted octanol–water partition coefficient (Wildman–Crippen LogP) is 3.28. The summed E-state index contributed by atoms with van der Waals surface area (Å²) in [5, 5.41) is 0. The molecule has 0 saturated heterocycles. The highest BCUT2D eigenvalue weighted by molar-refractivity contribution is 5.78. The summed E-state index contributed by atoms with van der Waals surface area (Å²) in [5.41, 5.74) is 0. The van der Waals surface area contributed by atoms with E-state index >= 15 is 0 Å². The summed E-state index contributed by atoms with van der Waals surface area (Å²) in [6, 6.07) is 0. The summed E-state index contributed by atoms with van der Waals surface area (Å²) < 4.78 is 0. The Hall–Kier alpha value is -0.330. The van der Waals surface area contributed by atoms with Gasteiger partial charge in [0.25, 0.3) is 0 Å². The first-order valence-corrected chi connectivity index (χ1v) is 5.52. The maximum Gasteiger partial charge on any atom is 0.133 e. The van der Waals surface area contributed by atoms with Gasteiger partial charge in [0, 0.05) is 5.92 Å². The van der Waals surface area contributed by atoms with Crippen molar-refractivity contribution in [2.45, 2.75) is 47.0 Å². The van der Waals surface area contributed by atoms with Gasteiger partial charge in [0.15, 0.2) is 0 Å². The summed E-state index contributed by atoms with van der Waals surface area (Å²) in [6.07, 6.45) is 3.69. The van der Waals surface area contributed by atoms with Crippen LogP contribution in [0.4, 0.5) is 0 Å². The zero-order valence-corrected chi connectivity index (χ0v) is 9.34. The lowest BCUT2D eigenvalue weighted by Crippen LogP contribution is -2.32. The van der Waals surface area contributed by atoms with Crippen molar-refractivity contribution in [3.8, 4) is 0 Å². The Morgan fingerprint density at radius 1 is 1.31 bits per heavy atom. The SMILES string of the molecule is CC(=O)[C@@H]1C[C@@H](C)CC[C@H]1C(C)C. The first kappa shape index (κ1) is 10.7. The van der Waals surface area contributed by atoms with E-state index in [1.165, 1.54) is 12.8 Å². The lowest BCUT2D eigenvalue weighted by atomic mass is 9.69. The molecular weight excluding hydrogens is 160 g/mol. The van der Waals surface area contributed by atoms with Gasteiger partial charge in [-0.2, -0.15) is 0 Å². The number of rotatable bonds is 2. The molecule has 1 nitrogen and oxygen atoms in total. The van der Waals surface area contributed by atoms with Gasteiger partial charge in [0.1, 0.15) is 5.78 Å². The van der Waals surface area contributed by atoms with Crippen LogP contribution in [0.2, 0.25) is 0 Å². The van der Waals surface area contributed by atoms with E-state index in [4.69, 9.17) is 0 Å². The predicted molar refractivity (Wildman–Crippen MR) is 55.5 cm³/mol. The molecule has 0 aliphatic heterocycles. The molecule has 0 bridgehead atoms. The number of Topliss-reactive ketones (excluding diaryl/α,β-unsaturated/α-hetero) is 1. The molecule has 0 aromatic carbocycles. The van der Waals surface area contributed by atoms with Crippen LogP contribution in [0.5, 0.6) is 0 Å². The Morgan fingerprint density at radius 3 is 2.38 bits per heavy atom. The minimum absolute atomic E-state index is 0.351. The normalized spacial score (nSPS) is 35.0. The minimum Gasteiger partial charge on any atom is -0.300 e. The van der Waals surface area contributed by atoms with Crippen molar-refractivity contribution >= 4 is 5.78 Å². The Labute approximate surface area is 81.9 Å². The molecule has 1 fully saturated rings. The van der Waals surface area contributed by atoms with E-state index < -0.39 is 0 Å². The molecule has 0 aromatic rings. The van der Waals surface area contributed by atoms with Crippen molar-refractivity contribution in [1.29, 1.82) is 0 Å². The fourth-order valence-electron chi connectivity index (χ4n) is 2.67. The number of hydrogen-bond acceptors (Lipinski definition) is 1. The second-order valence-corrected chi connectivity index (χ2v) is 5.04. The molecule has 0 N–H and O–H groups in total. The van der Waals surface area contributed by atoms with Gasteiger partial charge in [-0.3, -0.25) is 4.79 Å². The van der Waals surface area contributed by atoms with E-state index in [0.29, 0.717) is 23.5 Å². The third-order valence-corrected chi connectivity index (χ3v) is 3.54. The molecule has 1 aliphatic rings. The summed E-state index contributed by atoms with van der Waals surface area (Å²) in [7, 11) is 0. The van der Waals surface area contributed by atoms with E-state index in [0.717, 1.165) is 12.3 Å². The Balaban J connectivity index is 2.66. The van der Waals surface area contributed by atoms with Crippen molar-refractivity contribution in [2.75, 3.05) is 0 Å². The summed E-state index contributed by atoms with van der Waals surface area (Å²) in [6.45, 7) is 8.53. The fraction of sp³-hybridized carbons (Fsp3) is 0.917. The van der Waals surface area contributed by atoms with Gasteiger partial charge in [-0.1, -0.05) is 27.2 Å². The number of ketones is 1. The van der Waals surface area contributed by atoms with Gasteiger partial charge in [-0.15, -0.1) is 0 Å². The minimum atomic E-state index is 0.351. The third kappa shape index (κ3) is 2.55. The van der Waals surface area contributed by atoms with Crippen LogP contribution in [0.3, 0.4) is 0 Å². The van der Waals surface area contributed by atoms with Gasteiger partial charge in [0.2, 0.25) is 0 Å². The van der Waals surface area contributed by atoms with E-state index in [1.807, 2.05) is 0 Å². The molecule has 0 aromatic heterocycles. The highest BCUT2D eigenvalue weighted by atomic mass is 16.1. The highest BCUT2D eigenvalue weighted by Gasteiger charge is 2.33. The lowest BCUT2D eigenvalue weighted by molar-refractivity contribution is -0.124. The van der Waals surface area contributed by atoms with Crippen molar-refractivity contribution < 1.29 is 4.79 Å². The lowest BCUT2D eigenvalue weighted by Gasteiger charge is -2.35. The van der Waals surface area contributed by atoms with Crippen LogP contribution in [-0.2, 0) is 4.79 Å². The molecule has 0 unspecified atom stereocenters. The standard InChI is InChI=1S/C12H22O/c1-8(2)11-6-5-9(3)7-12(11)10(4)13/h8-9,11-12H,5-7H2,1-4H3/t9-,11-,12-/m0/s1. The van der Waals surface area contributed by atoms with Crippen LogP contribution >= 0.6 is 0 Å². The van der Waals surface area contributed by atoms with Crippen LogP contribution in [0.15, 0.2) is 0 Å². The second kappa shape index (κ2) is 4.26. The maximum absolute atomic E-state index is 11.5. The number of carbonyl (C=O) groups is 1. The first-order chi connectivity index (χ1) is 6.02. The van der Waals surface area contributed by atoms with E-state index in [9.17, 15) is 4.79 Å². The van der Waals surface area contributed by atoms with Crippen LogP contribution in [0, 0.1) is 23.7 Å². The average molecular weight is 182 g/mol. The molecule has 1 saturated carbocycles. The van der Waals surface area contributed by atoms with Gasteiger partial charge in [0.05, 0.1) is 0 Å². The zero-order valence-electron chi connectivity index (χ0n) is 9.34. The molecule has 1 aliphatic carbocycles. The zero-order chi connectivity index (χ0) is 10.0. The molecule has 0 radical (unpaired) electrons. The van der Waals surface area contributed by atoms with Gasteiger partial charge < -0.3 is 0 Å². The molecule has 76 valence electrons. The number of hydrogen-bond donors (Lipinski definition) is 0. The van der Waals surface area contributed by atoms with Crippen molar-refractivity contribution in [2.24, 2.45) is 23.7 Å².